The first-order valence-electron chi connectivity index (χ1n) is 6.83. The van der Waals surface area contributed by atoms with Gasteiger partial charge in [-0.05, 0) is 24.2 Å². The van der Waals surface area contributed by atoms with Gasteiger partial charge in [0.2, 0.25) is 6.29 Å². The second-order valence-corrected chi connectivity index (χ2v) is 7.47. The standard InChI is InChI=1S/C15H28O3/c1-13(2,3)15(7,14(4,5)6)12(16)18-11-9-8-10-17-11/h11H,8-10H2,1-7H3. The zero-order valence-electron chi connectivity index (χ0n) is 12.9. The van der Waals surface area contributed by atoms with Gasteiger partial charge in [0.25, 0.3) is 0 Å². The summed E-state index contributed by atoms with van der Waals surface area (Å²) in [6.45, 7) is 15.3. The van der Waals surface area contributed by atoms with Crippen LogP contribution in [0.2, 0.25) is 0 Å². The van der Waals surface area contributed by atoms with Gasteiger partial charge in [0.15, 0.2) is 0 Å². The zero-order valence-corrected chi connectivity index (χ0v) is 12.9. The molecule has 0 bridgehead atoms. The largest absolute Gasteiger partial charge is 0.435 e. The Balaban J connectivity index is 2.93. The Morgan fingerprint density at radius 1 is 1.06 bits per heavy atom. The van der Waals surface area contributed by atoms with E-state index in [1.165, 1.54) is 0 Å². The molecule has 1 aliphatic heterocycles. The number of rotatable bonds is 2. The van der Waals surface area contributed by atoms with Gasteiger partial charge in [0.05, 0.1) is 12.0 Å². The molecule has 3 heteroatoms. The van der Waals surface area contributed by atoms with Gasteiger partial charge in [-0.1, -0.05) is 41.5 Å². The smallest absolute Gasteiger partial charge is 0.315 e. The van der Waals surface area contributed by atoms with Crippen LogP contribution < -0.4 is 0 Å². The quantitative estimate of drug-likeness (QED) is 0.706. The van der Waals surface area contributed by atoms with Crippen molar-refractivity contribution >= 4 is 5.97 Å². The maximum absolute atomic E-state index is 12.6. The minimum Gasteiger partial charge on any atom is -0.435 e. The van der Waals surface area contributed by atoms with E-state index in [-0.39, 0.29) is 23.1 Å². The van der Waals surface area contributed by atoms with Crippen molar-refractivity contribution in [1.29, 1.82) is 0 Å². The highest BCUT2D eigenvalue weighted by molar-refractivity contribution is 5.78. The highest BCUT2D eigenvalue weighted by Gasteiger charge is 2.54. The lowest BCUT2D eigenvalue weighted by molar-refractivity contribution is -0.197. The van der Waals surface area contributed by atoms with Gasteiger partial charge in [-0.3, -0.25) is 4.79 Å². The van der Waals surface area contributed by atoms with E-state index < -0.39 is 5.41 Å². The van der Waals surface area contributed by atoms with Crippen LogP contribution in [0, 0.1) is 16.2 Å². The van der Waals surface area contributed by atoms with Crippen LogP contribution in [-0.2, 0) is 14.3 Å². The molecule has 0 amide bonds. The third-order valence-corrected chi connectivity index (χ3v) is 4.53. The Hall–Kier alpha value is -0.570. The summed E-state index contributed by atoms with van der Waals surface area (Å²) in [7, 11) is 0. The Labute approximate surface area is 111 Å². The van der Waals surface area contributed by atoms with Crippen LogP contribution in [0.1, 0.15) is 61.3 Å². The van der Waals surface area contributed by atoms with Crippen LogP contribution in [0.3, 0.4) is 0 Å². The minimum atomic E-state index is -0.550. The molecule has 0 N–H and O–H groups in total. The molecular formula is C15H28O3. The van der Waals surface area contributed by atoms with Crippen molar-refractivity contribution in [1.82, 2.24) is 0 Å². The maximum atomic E-state index is 12.6. The molecule has 1 unspecified atom stereocenters. The monoisotopic (exact) mass is 256 g/mol. The molecule has 0 saturated carbocycles. The summed E-state index contributed by atoms with van der Waals surface area (Å²) in [5.41, 5.74) is -0.881. The van der Waals surface area contributed by atoms with Gasteiger partial charge in [0, 0.05) is 6.42 Å². The van der Waals surface area contributed by atoms with Crippen molar-refractivity contribution < 1.29 is 14.3 Å². The maximum Gasteiger partial charge on any atom is 0.315 e. The molecule has 0 aromatic carbocycles. The highest BCUT2D eigenvalue weighted by atomic mass is 16.7. The number of hydrogen-bond acceptors (Lipinski definition) is 3. The fourth-order valence-corrected chi connectivity index (χ4v) is 2.62. The zero-order chi connectivity index (χ0) is 14.2. The molecule has 1 rings (SSSR count). The normalized spacial score (nSPS) is 22.1. The molecule has 1 heterocycles. The summed E-state index contributed by atoms with van der Waals surface area (Å²) in [5.74, 6) is -0.144. The van der Waals surface area contributed by atoms with Crippen molar-refractivity contribution in [2.75, 3.05) is 6.61 Å². The van der Waals surface area contributed by atoms with E-state index in [1.807, 2.05) is 6.92 Å². The van der Waals surface area contributed by atoms with E-state index in [9.17, 15) is 4.79 Å². The van der Waals surface area contributed by atoms with Crippen molar-refractivity contribution in [3.63, 3.8) is 0 Å². The summed E-state index contributed by atoms with van der Waals surface area (Å²) < 4.78 is 11.0. The molecule has 3 nitrogen and oxygen atoms in total. The Bertz CT molecular complexity index is 287. The molecular weight excluding hydrogens is 228 g/mol. The lowest BCUT2D eigenvalue weighted by Crippen LogP contribution is -2.51. The van der Waals surface area contributed by atoms with Crippen LogP contribution in [0.25, 0.3) is 0 Å². The number of ether oxygens (including phenoxy) is 2. The molecule has 1 aliphatic rings. The van der Waals surface area contributed by atoms with Gasteiger partial charge in [-0.2, -0.15) is 0 Å². The number of carbonyl (C=O) groups is 1. The molecule has 0 aromatic rings. The molecule has 18 heavy (non-hydrogen) atoms. The van der Waals surface area contributed by atoms with E-state index in [1.54, 1.807) is 0 Å². The van der Waals surface area contributed by atoms with E-state index in [0.717, 1.165) is 12.8 Å². The summed E-state index contributed by atoms with van der Waals surface area (Å²) in [6.07, 6.45) is 1.44. The van der Waals surface area contributed by atoms with E-state index >= 15 is 0 Å². The fourth-order valence-electron chi connectivity index (χ4n) is 2.62. The summed E-state index contributed by atoms with van der Waals surface area (Å²) in [4.78, 5) is 12.6. The van der Waals surface area contributed by atoms with E-state index in [0.29, 0.717) is 6.61 Å². The first kappa shape index (κ1) is 15.5. The first-order valence-corrected chi connectivity index (χ1v) is 6.83. The van der Waals surface area contributed by atoms with Crippen LogP contribution in [0.4, 0.5) is 0 Å². The van der Waals surface area contributed by atoms with Crippen molar-refractivity contribution in [3.05, 3.63) is 0 Å². The molecule has 0 aromatic heterocycles. The van der Waals surface area contributed by atoms with Gasteiger partial charge in [0.1, 0.15) is 0 Å². The summed E-state index contributed by atoms with van der Waals surface area (Å²) >= 11 is 0. The molecule has 0 radical (unpaired) electrons. The average Bonchev–Trinajstić information content (AvgIpc) is 2.65. The summed E-state index contributed by atoms with van der Waals surface area (Å²) in [6, 6.07) is 0. The second kappa shape index (κ2) is 4.84. The third kappa shape index (κ3) is 2.71. The SMILES string of the molecule is CC(C)(C)C(C)(C(=O)OC1CCCO1)C(C)(C)C. The minimum absolute atomic E-state index is 0.144. The molecule has 1 saturated heterocycles. The fraction of sp³-hybridized carbons (Fsp3) is 0.933. The molecule has 0 aliphatic carbocycles. The highest BCUT2D eigenvalue weighted by Crippen LogP contribution is 2.52. The third-order valence-electron chi connectivity index (χ3n) is 4.53. The Morgan fingerprint density at radius 3 is 1.89 bits per heavy atom. The number of carbonyl (C=O) groups excluding carboxylic acids is 1. The summed E-state index contributed by atoms with van der Waals surface area (Å²) in [5, 5.41) is 0. The van der Waals surface area contributed by atoms with E-state index in [4.69, 9.17) is 9.47 Å². The first-order chi connectivity index (χ1) is 8.00. The Kier molecular flexibility index (Phi) is 4.16. The van der Waals surface area contributed by atoms with Crippen LogP contribution >= 0.6 is 0 Å². The topological polar surface area (TPSA) is 35.5 Å². The van der Waals surface area contributed by atoms with Gasteiger partial charge < -0.3 is 9.47 Å². The number of esters is 1. The van der Waals surface area contributed by atoms with Gasteiger partial charge in [-0.15, -0.1) is 0 Å². The molecule has 1 atom stereocenters. The van der Waals surface area contributed by atoms with Crippen molar-refractivity contribution in [2.24, 2.45) is 16.2 Å². The van der Waals surface area contributed by atoms with Crippen LogP contribution in [0.15, 0.2) is 0 Å². The Morgan fingerprint density at radius 2 is 1.56 bits per heavy atom. The molecule has 1 fully saturated rings. The lowest BCUT2D eigenvalue weighted by Gasteiger charge is -2.49. The molecule has 0 spiro atoms. The van der Waals surface area contributed by atoms with Gasteiger partial charge >= 0.3 is 5.97 Å². The predicted molar refractivity (Wildman–Crippen MR) is 72.1 cm³/mol. The predicted octanol–water partition coefficient (Wildman–Crippen LogP) is 3.76. The lowest BCUT2D eigenvalue weighted by atomic mass is 9.55. The van der Waals surface area contributed by atoms with Crippen LogP contribution in [-0.4, -0.2) is 18.9 Å². The number of hydrogen-bond donors (Lipinski definition) is 0. The van der Waals surface area contributed by atoms with Gasteiger partial charge in [-0.25, -0.2) is 0 Å². The second-order valence-electron chi connectivity index (χ2n) is 7.47. The van der Waals surface area contributed by atoms with Crippen molar-refractivity contribution in [2.45, 2.75) is 67.6 Å². The van der Waals surface area contributed by atoms with Crippen molar-refractivity contribution in [3.8, 4) is 0 Å². The van der Waals surface area contributed by atoms with Crippen LogP contribution in [0.5, 0.6) is 0 Å². The molecule has 106 valence electrons. The average molecular weight is 256 g/mol. The van der Waals surface area contributed by atoms with E-state index in [2.05, 4.69) is 41.5 Å².